The third-order valence-electron chi connectivity index (χ3n) is 4.99. The van der Waals surface area contributed by atoms with Crippen LogP contribution in [0.2, 0.25) is 0 Å². The van der Waals surface area contributed by atoms with E-state index in [-0.39, 0.29) is 31.0 Å². The van der Waals surface area contributed by atoms with Gasteiger partial charge in [-0.05, 0) is 86.3 Å². The van der Waals surface area contributed by atoms with Gasteiger partial charge in [0.25, 0.3) is 0 Å². The summed E-state index contributed by atoms with van der Waals surface area (Å²) in [5.41, 5.74) is 0.404. The van der Waals surface area contributed by atoms with Gasteiger partial charge in [-0.15, -0.1) is 0 Å². The van der Waals surface area contributed by atoms with Gasteiger partial charge in [-0.3, -0.25) is 9.59 Å². The van der Waals surface area contributed by atoms with Crippen LogP contribution in [0.1, 0.15) is 51.0 Å². The first-order valence-electron chi connectivity index (χ1n) is 9.55. The summed E-state index contributed by atoms with van der Waals surface area (Å²) in [6.45, 7) is 2.14. The normalized spacial score (nSPS) is 12.4. The maximum atomic E-state index is 12.9. The van der Waals surface area contributed by atoms with E-state index in [1.54, 1.807) is 12.1 Å². The predicted molar refractivity (Wildman–Crippen MR) is 144 cm³/mol. The van der Waals surface area contributed by atoms with Crippen molar-refractivity contribution in [2.24, 2.45) is 0 Å². The van der Waals surface area contributed by atoms with Gasteiger partial charge in [-0.25, -0.2) is 0 Å². The number of aliphatic hydroxyl groups is 1. The van der Waals surface area contributed by atoms with Crippen molar-refractivity contribution >= 4 is 95.5 Å². The monoisotopic (exact) mass is 741 g/mol. The number of hydrogen-bond acceptors (Lipinski definition) is 5. The highest BCUT2D eigenvalue weighted by molar-refractivity contribution is 14.1. The maximum Gasteiger partial charge on any atom is 0.209 e. The highest BCUT2D eigenvalue weighted by atomic mass is 127. The Hall–Kier alpha value is -0.940. The van der Waals surface area contributed by atoms with E-state index in [9.17, 15) is 20.0 Å². The third-order valence-corrected chi connectivity index (χ3v) is 7.75. The Morgan fingerprint density at radius 1 is 1.00 bits per heavy atom. The second-order valence-corrected chi connectivity index (χ2v) is 10.3. The molecule has 156 valence electrons. The van der Waals surface area contributed by atoms with Gasteiger partial charge in [-0.2, -0.15) is 5.26 Å². The molecular weight excluding hydrogens is 723 g/mol. The SMILES string of the molecule is CCCCCCC/C(O)=c1/cc2c(C#N)c3cc(I)c(=O)c(I)c3oc2c(I)c1=O. The van der Waals surface area contributed by atoms with Gasteiger partial charge in [-0.1, -0.05) is 32.6 Å². The Morgan fingerprint density at radius 3 is 2.23 bits per heavy atom. The number of fused-ring (bicyclic) bond motifs is 2. The number of aliphatic hydroxyl groups excluding tert-OH is 1. The number of hydrogen-bond donors (Lipinski definition) is 1. The van der Waals surface area contributed by atoms with Crippen LogP contribution >= 0.6 is 67.8 Å². The van der Waals surface area contributed by atoms with Gasteiger partial charge in [0.05, 0.1) is 14.4 Å². The third kappa shape index (κ3) is 4.48. The Morgan fingerprint density at radius 2 is 1.60 bits per heavy atom. The Labute approximate surface area is 213 Å². The summed E-state index contributed by atoms with van der Waals surface area (Å²) in [6.07, 6.45) is 5.62. The van der Waals surface area contributed by atoms with Crippen molar-refractivity contribution in [2.75, 3.05) is 0 Å². The van der Waals surface area contributed by atoms with Gasteiger partial charge in [0.15, 0.2) is 11.2 Å². The topological polar surface area (TPSA) is 91.3 Å². The summed E-state index contributed by atoms with van der Waals surface area (Å²) in [4.78, 5) is 25.2. The van der Waals surface area contributed by atoms with E-state index in [1.807, 2.05) is 67.8 Å². The van der Waals surface area contributed by atoms with E-state index in [0.717, 1.165) is 32.1 Å². The van der Waals surface area contributed by atoms with Gasteiger partial charge in [0.2, 0.25) is 10.9 Å². The van der Waals surface area contributed by atoms with Crippen molar-refractivity contribution in [3.8, 4) is 6.07 Å². The molecule has 3 aromatic rings. The van der Waals surface area contributed by atoms with Gasteiger partial charge >= 0.3 is 0 Å². The maximum absolute atomic E-state index is 12.9. The van der Waals surface area contributed by atoms with Crippen molar-refractivity contribution in [2.45, 2.75) is 45.4 Å². The average molecular weight is 741 g/mol. The predicted octanol–water partition coefficient (Wildman–Crippen LogP) is 5.74. The molecule has 30 heavy (non-hydrogen) atoms. The van der Waals surface area contributed by atoms with E-state index in [4.69, 9.17) is 4.42 Å². The Bertz CT molecular complexity index is 1360. The second-order valence-electron chi connectivity index (χ2n) is 7.02. The largest absolute Gasteiger partial charge is 0.512 e. The first-order chi connectivity index (χ1) is 14.3. The first kappa shape index (κ1) is 23.7. The number of unbranched alkanes of at least 4 members (excludes halogenated alkanes) is 4. The number of benzene rings is 2. The van der Waals surface area contributed by atoms with Crippen LogP contribution in [0.4, 0.5) is 0 Å². The smallest absolute Gasteiger partial charge is 0.209 e. The van der Waals surface area contributed by atoms with Crippen molar-refractivity contribution in [1.29, 1.82) is 5.26 Å². The average Bonchev–Trinajstić information content (AvgIpc) is 2.73. The Balaban J connectivity index is 2.28. The lowest BCUT2D eigenvalue weighted by Crippen LogP contribution is -2.29. The zero-order valence-corrected chi connectivity index (χ0v) is 22.6. The van der Waals surface area contributed by atoms with E-state index in [0.29, 0.717) is 35.5 Å². The fourth-order valence-corrected chi connectivity index (χ4v) is 5.86. The van der Waals surface area contributed by atoms with E-state index in [1.165, 1.54) is 0 Å². The lowest BCUT2D eigenvalue weighted by molar-refractivity contribution is 0.467. The Kier molecular flexibility index (Phi) is 8.00. The molecule has 1 N–H and O–H groups in total. The minimum Gasteiger partial charge on any atom is -0.512 e. The lowest BCUT2D eigenvalue weighted by atomic mass is 10.0. The van der Waals surface area contributed by atoms with Gasteiger partial charge < -0.3 is 9.52 Å². The molecule has 0 saturated heterocycles. The molecular formula is C22H18I3NO4. The van der Waals surface area contributed by atoms with Crippen LogP contribution in [0.15, 0.2) is 26.1 Å². The van der Waals surface area contributed by atoms with Crippen LogP contribution in [0.25, 0.3) is 27.7 Å². The number of nitrogens with zero attached hydrogens (tertiary/aromatic N) is 1. The minimum atomic E-state index is -0.330. The standard InChI is InChI=1S/C22H18I3NO4/c1-2-3-4-5-6-7-16(27)13-8-11-14(10-26)12-9-15(23)20(29)18(25)22(12)30-21(11)17(24)19(13)28/h8-9,27H,2-7H2,1H3/b16-13+. The zero-order valence-electron chi connectivity index (χ0n) is 16.2. The minimum absolute atomic E-state index is 0.0411. The van der Waals surface area contributed by atoms with Crippen LogP contribution in [-0.2, 0) is 0 Å². The molecule has 0 aliphatic carbocycles. The molecule has 0 bridgehead atoms. The highest BCUT2D eigenvalue weighted by Gasteiger charge is 2.20. The van der Waals surface area contributed by atoms with Crippen molar-refractivity contribution in [3.05, 3.63) is 54.1 Å². The molecule has 0 unspecified atom stereocenters. The fourth-order valence-electron chi connectivity index (χ4n) is 3.38. The molecule has 2 aromatic carbocycles. The quantitative estimate of drug-likeness (QED) is 0.198. The number of halogens is 3. The molecule has 1 heterocycles. The molecule has 0 spiro atoms. The molecule has 0 atom stereocenters. The first-order valence-corrected chi connectivity index (χ1v) is 12.8. The molecule has 3 rings (SSSR count). The van der Waals surface area contributed by atoms with E-state index >= 15 is 0 Å². The molecule has 0 aliphatic heterocycles. The van der Waals surface area contributed by atoms with Crippen LogP contribution in [0, 0.1) is 22.0 Å². The molecule has 5 nitrogen and oxygen atoms in total. The van der Waals surface area contributed by atoms with Gasteiger partial charge in [0, 0.05) is 17.2 Å². The molecule has 0 fully saturated rings. The van der Waals surface area contributed by atoms with Crippen LogP contribution < -0.4 is 16.1 Å². The van der Waals surface area contributed by atoms with Crippen molar-refractivity contribution in [3.63, 3.8) is 0 Å². The fraction of sp³-hybridized carbons (Fsp3) is 0.318. The van der Waals surface area contributed by atoms with Crippen molar-refractivity contribution < 1.29 is 9.52 Å². The summed E-state index contributed by atoms with van der Waals surface area (Å²) in [5, 5.41) is 21.7. The van der Waals surface area contributed by atoms with Crippen LogP contribution in [0.3, 0.4) is 0 Å². The van der Waals surface area contributed by atoms with Gasteiger partial charge in [0.1, 0.15) is 19.0 Å². The zero-order chi connectivity index (χ0) is 22.0. The molecule has 0 amide bonds. The summed E-state index contributed by atoms with van der Waals surface area (Å²) >= 11 is 5.74. The highest BCUT2D eigenvalue weighted by Crippen LogP contribution is 2.31. The summed E-state index contributed by atoms with van der Waals surface area (Å²) in [7, 11) is 0. The molecule has 0 saturated carbocycles. The number of nitriles is 1. The van der Waals surface area contributed by atoms with Crippen LogP contribution in [-0.4, -0.2) is 5.11 Å². The molecule has 0 radical (unpaired) electrons. The van der Waals surface area contributed by atoms with E-state index in [2.05, 4.69) is 13.0 Å². The second kappa shape index (κ2) is 10.1. The summed E-state index contributed by atoms with van der Waals surface area (Å²) < 4.78 is 7.13. The number of rotatable bonds is 6. The molecule has 1 aromatic heterocycles. The lowest BCUT2D eigenvalue weighted by Gasteiger charge is -2.09. The van der Waals surface area contributed by atoms with Crippen LogP contribution in [0.5, 0.6) is 0 Å². The summed E-state index contributed by atoms with van der Waals surface area (Å²) in [5.74, 6) is 0.0411. The van der Waals surface area contributed by atoms with Crippen molar-refractivity contribution in [1.82, 2.24) is 0 Å². The molecule has 8 heteroatoms. The molecule has 0 aliphatic rings. The van der Waals surface area contributed by atoms with E-state index < -0.39 is 0 Å². The summed E-state index contributed by atoms with van der Waals surface area (Å²) in [6, 6.07) is 5.39.